The van der Waals surface area contributed by atoms with Gasteiger partial charge in [-0.1, -0.05) is 11.8 Å². The Kier molecular flexibility index (Phi) is 2.75. The summed E-state index contributed by atoms with van der Waals surface area (Å²) >= 11 is 3.54. The smallest absolute Gasteiger partial charge is 0.151 e. The van der Waals surface area contributed by atoms with E-state index in [4.69, 9.17) is 10.5 Å². The highest BCUT2D eigenvalue weighted by molar-refractivity contribution is 8.01. The van der Waals surface area contributed by atoms with E-state index in [9.17, 15) is 0 Å². The predicted octanol–water partition coefficient (Wildman–Crippen LogP) is 2.76. The lowest BCUT2D eigenvalue weighted by Crippen LogP contribution is -1.99. The van der Waals surface area contributed by atoms with Crippen LogP contribution in [0.5, 0.6) is 0 Å². The summed E-state index contributed by atoms with van der Waals surface area (Å²) in [5, 5.41) is 0.568. The fourth-order valence-corrected chi connectivity index (χ4v) is 4.15. The number of hydrogen-bond donors (Lipinski definition) is 1. The molecule has 84 valence electrons. The molecule has 0 spiro atoms. The van der Waals surface area contributed by atoms with Gasteiger partial charge in [0.15, 0.2) is 4.34 Å². The highest BCUT2D eigenvalue weighted by atomic mass is 32.2. The number of anilines is 1. The van der Waals surface area contributed by atoms with Gasteiger partial charge < -0.3 is 10.5 Å². The average Bonchev–Trinajstić information content (AvgIpc) is 2.86. The molecule has 0 amide bonds. The summed E-state index contributed by atoms with van der Waals surface area (Å²) in [7, 11) is 0. The first-order chi connectivity index (χ1) is 7.81. The molecular weight excluding hydrogens is 240 g/mol. The lowest BCUT2D eigenvalue weighted by molar-refractivity contribution is 0.199. The topological polar surface area (TPSA) is 48.1 Å². The van der Waals surface area contributed by atoms with Gasteiger partial charge in [0.1, 0.15) is 0 Å². The molecule has 0 bridgehead atoms. The minimum Gasteiger partial charge on any atom is -0.399 e. The van der Waals surface area contributed by atoms with Crippen LogP contribution in [0.4, 0.5) is 5.69 Å². The molecule has 1 atom stereocenters. The number of fused-ring (bicyclic) bond motifs is 1. The van der Waals surface area contributed by atoms with Crippen LogP contribution in [0.1, 0.15) is 6.42 Å². The summed E-state index contributed by atoms with van der Waals surface area (Å²) < 4.78 is 7.65. The van der Waals surface area contributed by atoms with E-state index in [1.165, 1.54) is 4.70 Å². The average molecular weight is 252 g/mol. The number of rotatable bonds is 2. The normalized spacial score (nSPS) is 20.6. The summed E-state index contributed by atoms with van der Waals surface area (Å²) in [6.45, 7) is 1.73. The van der Waals surface area contributed by atoms with Crippen molar-refractivity contribution in [2.45, 2.75) is 16.0 Å². The predicted molar refractivity (Wildman–Crippen MR) is 69.1 cm³/mol. The molecule has 16 heavy (non-hydrogen) atoms. The Morgan fingerprint density at radius 1 is 1.50 bits per heavy atom. The molecule has 3 rings (SSSR count). The van der Waals surface area contributed by atoms with Crippen molar-refractivity contribution in [3.63, 3.8) is 0 Å². The molecule has 1 aromatic carbocycles. The highest BCUT2D eigenvalue weighted by Crippen LogP contribution is 2.35. The quantitative estimate of drug-likeness (QED) is 0.835. The first-order valence-corrected chi connectivity index (χ1v) is 6.91. The fourth-order valence-electron chi connectivity index (χ4n) is 1.72. The molecule has 0 aliphatic carbocycles. The van der Waals surface area contributed by atoms with E-state index in [1.807, 2.05) is 30.0 Å². The van der Waals surface area contributed by atoms with Crippen LogP contribution in [0, 0.1) is 0 Å². The van der Waals surface area contributed by atoms with Gasteiger partial charge in [-0.25, -0.2) is 4.98 Å². The van der Waals surface area contributed by atoms with Gasteiger partial charge in [-0.15, -0.1) is 11.3 Å². The molecule has 0 saturated carbocycles. The summed E-state index contributed by atoms with van der Waals surface area (Å²) in [5.74, 6) is 0. The fraction of sp³-hybridized carbons (Fsp3) is 0.364. The van der Waals surface area contributed by atoms with Crippen LogP contribution >= 0.6 is 23.1 Å². The minimum absolute atomic E-state index is 0.568. The van der Waals surface area contributed by atoms with Crippen LogP contribution < -0.4 is 5.73 Å². The molecule has 1 aliphatic heterocycles. The minimum atomic E-state index is 0.568. The van der Waals surface area contributed by atoms with E-state index in [1.54, 1.807) is 11.3 Å². The Morgan fingerprint density at radius 3 is 3.25 bits per heavy atom. The van der Waals surface area contributed by atoms with Crippen molar-refractivity contribution in [3.8, 4) is 0 Å². The first kappa shape index (κ1) is 10.4. The van der Waals surface area contributed by atoms with Crippen molar-refractivity contribution in [3.05, 3.63) is 18.2 Å². The van der Waals surface area contributed by atoms with Crippen LogP contribution in [0.25, 0.3) is 10.2 Å². The molecule has 0 radical (unpaired) electrons. The van der Waals surface area contributed by atoms with Gasteiger partial charge in [0.05, 0.1) is 16.8 Å². The molecular formula is C11H12N2OS2. The van der Waals surface area contributed by atoms with E-state index >= 15 is 0 Å². The molecule has 1 aliphatic rings. The number of benzene rings is 1. The second kappa shape index (κ2) is 4.24. The summed E-state index contributed by atoms with van der Waals surface area (Å²) in [4.78, 5) is 4.59. The summed E-state index contributed by atoms with van der Waals surface area (Å²) in [6, 6.07) is 5.87. The molecule has 2 N–H and O–H groups in total. The second-order valence-corrected chi connectivity index (χ2v) is 6.39. The van der Waals surface area contributed by atoms with Crippen LogP contribution in [0.3, 0.4) is 0 Å². The third-order valence-electron chi connectivity index (χ3n) is 2.55. The van der Waals surface area contributed by atoms with Crippen LogP contribution in [0.2, 0.25) is 0 Å². The van der Waals surface area contributed by atoms with Gasteiger partial charge in [0.25, 0.3) is 0 Å². The summed E-state index contributed by atoms with van der Waals surface area (Å²) in [5.41, 5.74) is 7.59. The molecule has 1 aromatic heterocycles. The molecule has 2 heterocycles. The molecule has 1 unspecified atom stereocenters. The molecule has 1 saturated heterocycles. The monoisotopic (exact) mass is 252 g/mol. The van der Waals surface area contributed by atoms with Gasteiger partial charge in [-0.05, 0) is 24.6 Å². The highest BCUT2D eigenvalue weighted by Gasteiger charge is 2.18. The number of nitrogens with zero attached hydrogens (tertiary/aromatic N) is 1. The maximum Gasteiger partial charge on any atom is 0.151 e. The van der Waals surface area contributed by atoms with Crippen molar-refractivity contribution >= 4 is 39.0 Å². The van der Waals surface area contributed by atoms with E-state index in [2.05, 4.69) is 4.98 Å². The zero-order valence-electron chi connectivity index (χ0n) is 8.68. The van der Waals surface area contributed by atoms with Gasteiger partial charge >= 0.3 is 0 Å². The van der Waals surface area contributed by atoms with E-state index in [-0.39, 0.29) is 0 Å². The Hall–Kier alpha value is -0.780. The Labute approximate surface area is 102 Å². The lowest BCUT2D eigenvalue weighted by atomic mass is 10.3. The van der Waals surface area contributed by atoms with Gasteiger partial charge in [0, 0.05) is 17.5 Å². The maximum atomic E-state index is 5.75. The van der Waals surface area contributed by atoms with Crippen molar-refractivity contribution in [1.29, 1.82) is 0 Å². The number of ether oxygens (including phenoxy) is 1. The number of nitrogens with two attached hydrogens (primary N) is 1. The number of thiazole rings is 1. The number of thioether (sulfide) groups is 1. The van der Waals surface area contributed by atoms with Crippen LogP contribution in [-0.4, -0.2) is 23.4 Å². The third kappa shape index (κ3) is 2.03. The summed E-state index contributed by atoms with van der Waals surface area (Å²) in [6.07, 6.45) is 1.13. The maximum absolute atomic E-state index is 5.75. The van der Waals surface area contributed by atoms with Crippen LogP contribution in [-0.2, 0) is 4.74 Å². The Bertz CT molecular complexity index is 506. The molecule has 3 nitrogen and oxygen atoms in total. The largest absolute Gasteiger partial charge is 0.399 e. The van der Waals surface area contributed by atoms with Gasteiger partial charge in [-0.2, -0.15) is 0 Å². The van der Waals surface area contributed by atoms with Gasteiger partial charge in [-0.3, -0.25) is 0 Å². The number of aromatic nitrogens is 1. The molecule has 5 heteroatoms. The van der Waals surface area contributed by atoms with Crippen molar-refractivity contribution < 1.29 is 4.74 Å². The third-order valence-corrected chi connectivity index (χ3v) is 4.90. The number of hydrogen-bond acceptors (Lipinski definition) is 5. The Balaban J connectivity index is 1.86. The van der Waals surface area contributed by atoms with Crippen LogP contribution in [0.15, 0.2) is 22.5 Å². The molecule has 1 fully saturated rings. The Morgan fingerprint density at radius 2 is 2.44 bits per heavy atom. The zero-order chi connectivity index (χ0) is 11.0. The van der Waals surface area contributed by atoms with Gasteiger partial charge in [0.2, 0.25) is 0 Å². The SMILES string of the molecule is Nc1ccc2nc(SC3CCOC3)sc2c1. The standard InChI is InChI=1S/C11H12N2OS2/c12-7-1-2-9-10(5-7)16-11(13-9)15-8-3-4-14-6-8/h1-2,5,8H,3-4,6,12H2. The van der Waals surface area contributed by atoms with E-state index in [0.717, 1.165) is 35.2 Å². The molecule has 2 aromatic rings. The van der Waals surface area contributed by atoms with E-state index in [0.29, 0.717) is 5.25 Å². The van der Waals surface area contributed by atoms with E-state index < -0.39 is 0 Å². The second-order valence-electron chi connectivity index (χ2n) is 3.81. The lowest BCUT2D eigenvalue weighted by Gasteiger charge is -2.01. The zero-order valence-corrected chi connectivity index (χ0v) is 10.3. The number of nitrogen functional groups attached to an aromatic ring is 1. The van der Waals surface area contributed by atoms with Crippen molar-refractivity contribution in [2.75, 3.05) is 18.9 Å². The van der Waals surface area contributed by atoms with Crippen molar-refractivity contribution in [1.82, 2.24) is 4.98 Å². The van der Waals surface area contributed by atoms with Crippen molar-refractivity contribution in [2.24, 2.45) is 0 Å². The first-order valence-electron chi connectivity index (χ1n) is 5.22.